The molecule has 0 bridgehead atoms. The minimum Gasteiger partial charge on any atom is -0.497 e. The average Bonchev–Trinajstić information content (AvgIpc) is 2.56. The summed E-state index contributed by atoms with van der Waals surface area (Å²) in [6.07, 6.45) is 0. The molecular formula is C16H17BrN2O4. The number of nitrogens with zero attached hydrogens (tertiary/aromatic N) is 2. The van der Waals surface area contributed by atoms with Crippen LogP contribution in [0.4, 0.5) is 0 Å². The standard InChI is InChI=1S/C16H17BrN2O4/c1-4-22-16(20)13-15(18-10(2)14(17)19-13)23-9-11-5-7-12(21-3)8-6-11/h5-8H,4,9H2,1-3H3. The maximum Gasteiger partial charge on any atom is 0.362 e. The number of benzene rings is 1. The van der Waals surface area contributed by atoms with E-state index >= 15 is 0 Å². The molecule has 2 rings (SSSR count). The van der Waals surface area contributed by atoms with Crippen molar-refractivity contribution < 1.29 is 19.0 Å². The molecule has 0 unspecified atom stereocenters. The number of aryl methyl sites for hydroxylation is 1. The van der Waals surface area contributed by atoms with Gasteiger partial charge in [-0.15, -0.1) is 0 Å². The molecule has 1 heterocycles. The van der Waals surface area contributed by atoms with Gasteiger partial charge in [-0.05, 0) is 47.5 Å². The summed E-state index contributed by atoms with van der Waals surface area (Å²) in [5, 5.41) is 0. The highest BCUT2D eigenvalue weighted by molar-refractivity contribution is 9.10. The lowest BCUT2D eigenvalue weighted by molar-refractivity contribution is 0.0512. The van der Waals surface area contributed by atoms with E-state index in [9.17, 15) is 4.79 Å². The van der Waals surface area contributed by atoms with Crippen LogP contribution in [0.1, 0.15) is 28.7 Å². The minimum atomic E-state index is -0.564. The fourth-order valence-corrected chi connectivity index (χ4v) is 2.05. The number of halogens is 1. The van der Waals surface area contributed by atoms with Gasteiger partial charge < -0.3 is 14.2 Å². The molecule has 0 aliphatic rings. The summed E-state index contributed by atoms with van der Waals surface area (Å²) in [5.41, 5.74) is 1.60. The summed E-state index contributed by atoms with van der Waals surface area (Å²) in [4.78, 5) is 20.4. The van der Waals surface area contributed by atoms with Crippen LogP contribution >= 0.6 is 15.9 Å². The number of rotatable bonds is 6. The second kappa shape index (κ2) is 7.92. The van der Waals surface area contributed by atoms with Gasteiger partial charge in [0.15, 0.2) is 0 Å². The van der Waals surface area contributed by atoms with Crippen molar-refractivity contribution in [1.29, 1.82) is 0 Å². The molecule has 0 spiro atoms. The van der Waals surface area contributed by atoms with Gasteiger partial charge in [0, 0.05) is 0 Å². The van der Waals surface area contributed by atoms with Crippen molar-refractivity contribution in [2.75, 3.05) is 13.7 Å². The van der Waals surface area contributed by atoms with Crippen molar-refractivity contribution in [1.82, 2.24) is 9.97 Å². The lowest BCUT2D eigenvalue weighted by atomic mass is 10.2. The number of carbonyl (C=O) groups excluding carboxylic acids is 1. The largest absolute Gasteiger partial charge is 0.497 e. The molecule has 0 fully saturated rings. The Labute approximate surface area is 142 Å². The number of aromatic nitrogens is 2. The van der Waals surface area contributed by atoms with E-state index in [-0.39, 0.29) is 24.8 Å². The van der Waals surface area contributed by atoms with Gasteiger partial charge in [0.1, 0.15) is 17.0 Å². The fraction of sp³-hybridized carbons (Fsp3) is 0.312. The molecule has 7 heteroatoms. The third-order valence-corrected chi connectivity index (χ3v) is 3.73. The van der Waals surface area contributed by atoms with Crippen molar-refractivity contribution in [3.05, 3.63) is 45.8 Å². The molecule has 2 aromatic rings. The monoisotopic (exact) mass is 380 g/mol. The Bertz CT molecular complexity index is 689. The fourth-order valence-electron chi connectivity index (χ4n) is 1.78. The van der Waals surface area contributed by atoms with Crippen molar-refractivity contribution >= 4 is 21.9 Å². The van der Waals surface area contributed by atoms with Crippen LogP contribution in [-0.2, 0) is 11.3 Å². The van der Waals surface area contributed by atoms with E-state index in [1.54, 1.807) is 21.0 Å². The summed E-state index contributed by atoms with van der Waals surface area (Å²) in [6, 6.07) is 7.43. The van der Waals surface area contributed by atoms with E-state index < -0.39 is 5.97 Å². The number of carbonyl (C=O) groups is 1. The van der Waals surface area contributed by atoms with Crippen LogP contribution in [0.25, 0.3) is 0 Å². The summed E-state index contributed by atoms with van der Waals surface area (Å²) in [5.74, 6) is 0.352. The highest BCUT2D eigenvalue weighted by Gasteiger charge is 2.20. The predicted octanol–water partition coefficient (Wildman–Crippen LogP) is 3.31. The molecule has 0 saturated carbocycles. The van der Waals surface area contributed by atoms with Gasteiger partial charge in [0.2, 0.25) is 11.6 Å². The Morgan fingerprint density at radius 2 is 1.91 bits per heavy atom. The SMILES string of the molecule is CCOC(=O)c1nc(Br)c(C)nc1OCc1ccc(OC)cc1. The topological polar surface area (TPSA) is 70.5 Å². The van der Waals surface area contributed by atoms with E-state index in [1.807, 2.05) is 24.3 Å². The Balaban J connectivity index is 2.20. The van der Waals surface area contributed by atoms with Crippen LogP contribution < -0.4 is 9.47 Å². The van der Waals surface area contributed by atoms with E-state index in [4.69, 9.17) is 14.2 Å². The Hall–Kier alpha value is -2.15. The molecule has 0 amide bonds. The Morgan fingerprint density at radius 3 is 2.52 bits per heavy atom. The number of hydrogen-bond acceptors (Lipinski definition) is 6. The molecule has 0 radical (unpaired) electrons. The first-order valence-corrected chi connectivity index (χ1v) is 7.81. The molecule has 6 nitrogen and oxygen atoms in total. The summed E-state index contributed by atoms with van der Waals surface area (Å²) in [6.45, 7) is 4.01. The quantitative estimate of drug-likeness (QED) is 0.715. The highest BCUT2D eigenvalue weighted by Crippen LogP contribution is 2.22. The zero-order valence-corrected chi connectivity index (χ0v) is 14.7. The normalized spacial score (nSPS) is 10.3. The lowest BCUT2D eigenvalue weighted by Gasteiger charge is -2.11. The van der Waals surface area contributed by atoms with Crippen LogP contribution in [0, 0.1) is 6.92 Å². The van der Waals surface area contributed by atoms with E-state index in [2.05, 4.69) is 25.9 Å². The smallest absolute Gasteiger partial charge is 0.362 e. The Kier molecular flexibility index (Phi) is 5.92. The van der Waals surface area contributed by atoms with Crippen LogP contribution in [0.15, 0.2) is 28.9 Å². The average molecular weight is 381 g/mol. The second-order valence-electron chi connectivity index (χ2n) is 4.61. The zero-order valence-electron chi connectivity index (χ0n) is 13.1. The molecule has 0 saturated heterocycles. The van der Waals surface area contributed by atoms with Gasteiger partial charge in [0.05, 0.1) is 19.4 Å². The summed E-state index contributed by atoms with van der Waals surface area (Å²) >= 11 is 3.26. The predicted molar refractivity (Wildman–Crippen MR) is 87.8 cm³/mol. The second-order valence-corrected chi connectivity index (χ2v) is 5.36. The molecule has 0 atom stereocenters. The Morgan fingerprint density at radius 1 is 1.22 bits per heavy atom. The maximum atomic E-state index is 12.0. The number of ether oxygens (including phenoxy) is 3. The number of methoxy groups -OCH3 is 1. The third kappa shape index (κ3) is 4.41. The van der Waals surface area contributed by atoms with Crippen molar-refractivity contribution in [2.24, 2.45) is 0 Å². The van der Waals surface area contributed by atoms with Crippen molar-refractivity contribution in [3.8, 4) is 11.6 Å². The molecular weight excluding hydrogens is 364 g/mol. The van der Waals surface area contributed by atoms with Crippen molar-refractivity contribution in [3.63, 3.8) is 0 Å². The van der Waals surface area contributed by atoms with E-state index in [0.29, 0.717) is 10.3 Å². The van der Waals surface area contributed by atoms with Gasteiger partial charge >= 0.3 is 5.97 Å². The first-order chi connectivity index (χ1) is 11.0. The van der Waals surface area contributed by atoms with Crippen LogP contribution in [0.3, 0.4) is 0 Å². The molecule has 1 aromatic carbocycles. The van der Waals surface area contributed by atoms with Gasteiger partial charge in [0.25, 0.3) is 0 Å². The molecule has 122 valence electrons. The zero-order chi connectivity index (χ0) is 16.8. The number of esters is 1. The molecule has 23 heavy (non-hydrogen) atoms. The summed E-state index contributed by atoms with van der Waals surface area (Å²) < 4.78 is 16.2. The van der Waals surface area contributed by atoms with E-state index in [0.717, 1.165) is 11.3 Å². The van der Waals surface area contributed by atoms with Gasteiger partial charge in [-0.1, -0.05) is 12.1 Å². The molecule has 0 N–H and O–H groups in total. The molecule has 0 aliphatic heterocycles. The first kappa shape index (κ1) is 17.2. The summed E-state index contributed by atoms with van der Waals surface area (Å²) in [7, 11) is 1.61. The highest BCUT2D eigenvalue weighted by atomic mass is 79.9. The minimum absolute atomic E-state index is 0.0536. The number of hydrogen-bond donors (Lipinski definition) is 0. The maximum absolute atomic E-state index is 12.0. The molecule has 0 aliphatic carbocycles. The van der Waals surface area contributed by atoms with Crippen LogP contribution in [-0.4, -0.2) is 29.7 Å². The molecule has 1 aromatic heterocycles. The van der Waals surface area contributed by atoms with Gasteiger partial charge in [-0.25, -0.2) is 14.8 Å². The van der Waals surface area contributed by atoms with Gasteiger partial charge in [-0.3, -0.25) is 0 Å². The third-order valence-electron chi connectivity index (χ3n) is 2.98. The van der Waals surface area contributed by atoms with E-state index in [1.165, 1.54) is 0 Å². The van der Waals surface area contributed by atoms with Crippen molar-refractivity contribution in [2.45, 2.75) is 20.5 Å². The van der Waals surface area contributed by atoms with Crippen LogP contribution in [0.5, 0.6) is 11.6 Å². The van der Waals surface area contributed by atoms with Gasteiger partial charge in [-0.2, -0.15) is 0 Å². The first-order valence-electron chi connectivity index (χ1n) is 7.02. The van der Waals surface area contributed by atoms with Crippen LogP contribution in [0.2, 0.25) is 0 Å². The lowest BCUT2D eigenvalue weighted by Crippen LogP contribution is -2.13.